The van der Waals surface area contributed by atoms with Gasteiger partial charge in [-0.2, -0.15) is 0 Å². The normalized spacial score (nSPS) is 18.0. The van der Waals surface area contributed by atoms with Gasteiger partial charge < -0.3 is 9.84 Å². The highest BCUT2D eigenvalue weighted by Gasteiger charge is 2.32. The van der Waals surface area contributed by atoms with Crippen LogP contribution in [0.25, 0.3) is 11.1 Å². The van der Waals surface area contributed by atoms with Crippen molar-refractivity contribution in [2.24, 2.45) is 0 Å². The van der Waals surface area contributed by atoms with Gasteiger partial charge in [-0.3, -0.25) is 0 Å². The molecule has 3 aromatic rings. The van der Waals surface area contributed by atoms with Gasteiger partial charge >= 0.3 is 5.97 Å². The number of ether oxygens (including phenoxy) is 1. The molecule has 1 atom stereocenters. The molecule has 0 saturated heterocycles. The molecule has 29 heavy (non-hydrogen) atoms. The van der Waals surface area contributed by atoms with Gasteiger partial charge in [-0.15, -0.1) is 0 Å². The van der Waals surface area contributed by atoms with E-state index in [4.69, 9.17) is 4.74 Å². The highest BCUT2D eigenvalue weighted by molar-refractivity contribution is 5.96. The van der Waals surface area contributed by atoms with Gasteiger partial charge in [0, 0.05) is 6.42 Å². The van der Waals surface area contributed by atoms with Crippen molar-refractivity contribution in [2.75, 3.05) is 0 Å². The van der Waals surface area contributed by atoms with Crippen molar-refractivity contribution < 1.29 is 14.6 Å². The Balaban J connectivity index is 1.62. The molecule has 0 fully saturated rings. The van der Waals surface area contributed by atoms with Crippen LogP contribution < -0.4 is 4.74 Å². The molecule has 1 heterocycles. The van der Waals surface area contributed by atoms with Crippen molar-refractivity contribution in [3.63, 3.8) is 0 Å². The zero-order chi connectivity index (χ0) is 20.4. The lowest BCUT2D eigenvalue weighted by atomic mass is 9.86. The van der Waals surface area contributed by atoms with Crippen molar-refractivity contribution in [3.05, 3.63) is 89.0 Å². The molecule has 1 aliphatic rings. The van der Waals surface area contributed by atoms with Gasteiger partial charge in [-0.1, -0.05) is 61.5 Å². The summed E-state index contributed by atoms with van der Waals surface area (Å²) in [6.45, 7) is 4.33. The van der Waals surface area contributed by atoms with Crippen LogP contribution in [0.15, 0.2) is 66.7 Å². The number of hydrogen-bond donors (Lipinski definition) is 1. The molecule has 0 aliphatic carbocycles. The average Bonchev–Trinajstić information content (AvgIpc) is 2.73. The van der Waals surface area contributed by atoms with E-state index in [1.54, 1.807) is 12.1 Å². The highest BCUT2D eigenvalue weighted by atomic mass is 16.5. The van der Waals surface area contributed by atoms with E-state index < -0.39 is 5.97 Å². The quantitative estimate of drug-likeness (QED) is 0.590. The number of aryl methyl sites for hydroxylation is 2. The summed E-state index contributed by atoms with van der Waals surface area (Å²) in [6, 6.07) is 21.9. The third-order valence-corrected chi connectivity index (χ3v) is 5.82. The van der Waals surface area contributed by atoms with E-state index in [2.05, 4.69) is 44.2 Å². The Hall–Kier alpha value is -3.07. The summed E-state index contributed by atoms with van der Waals surface area (Å²) in [6.07, 6.45) is 3.81. The Bertz CT molecular complexity index is 1040. The van der Waals surface area contributed by atoms with E-state index in [1.165, 1.54) is 16.7 Å². The number of carboxylic acid groups (broad SMARTS) is 1. The molecule has 0 radical (unpaired) electrons. The number of hydrogen-bond acceptors (Lipinski definition) is 2. The maximum atomic E-state index is 11.6. The maximum absolute atomic E-state index is 11.6. The zero-order valence-electron chi connectivity index (χ0n) is 16.9. The minimum absolute atomic E-state index is 0.272. The lowest BCUT2D eigenvalue weighted by molar-refractivity contribution is 0.0653. The van der Waals surface area contributed by atoms with E-state index >= 15 is 0 Å². The van der Waals surface area contributed by atoms with Crippen molar-refractivity contribution in [2.45, 2.75) is 45.1 Å². The number of carbonyl (C=O) groups is 1. The summed E-state index contributed by atoms with van der Waals surface area (Å²) in [5, 5.41) is 9.52. The smallest absolute Gasteiger partial charge is 0.336 e. The third-order valence-electron chi connectivity index (χ3n) is 5.82. The van der Waals surface area contributed by atoms with Crippen LogP contribution in [0.3, 0.4) is 0 Å². The highest BCUT2D eigenvalue weighted by Crippen LogP contribution is 2.38. The largest absolute Gasteiger partial charge is 0.487 e. The van der Waals surface area contributed by atoms with Gasteiger partial charge in [0.15, 0.2) is 0 Å². The van der Waals surface area contributed by atoms with Crippen molar-refractivity contribution in [1.82, 2.24) is 0 Å². The van der Waals surface area contributed by atoms with Gasteiger partial charge in [0.25, 0.3) is 0 Å². The van der Waals surface area contributed by atoms with E-state index in [0.29, 0.717) is 11.1 Å². The van der Waals surface area contributed by atoms with Crippen LogP contribution >= 0.6 is 0 Å². The van der Waals surface area contributed by atoms with Gasteiger partial charge in [0.2, 0.25) is 0 Å². The fourth-order valence-electron chi connectivity index (χ4n) is 4.11. The molecular weight excluding hydrogens is 360 g/mol. The van der Waals surface area contributed by atoms with Crippen LogP contribution in [0.4, 0.5) is 0 Å². The summed E-state index contributed by atoms with van der Waals surface area (Å²) in [7, 11) is 0. The lowest BCUT2D eigenvalue weighted by Crippen LogP contribution is -2.38. The van der Waals surface area contributed by atoms with E-state index in [0.717, 1.165) is 37.0 Å². The molecule has 1 N–H and O–H groups in total. The average molecular weight is 386 g/mol. The van der Waals surface area contributed by atoms with Gasteiger partial charge in [-0.05, 0) is 66.1 Å². The molecule has 3 aromatic carbocycles. The molecule has 3 nitrogen and oxygen atoms in total. The predicted octanol–water partition coefficient (Wildman–Crippen LogP) is 5.94. The topological polar surface area (TPSA) is 46.5 Å². The van der Waals surface area contributed by atoms with Crippen LogP contribution in [0.2, 0.25) is 0 Å². The molecule has 148 valence electrons. The molecule has 4 rings (SSSR count). The van der Waals surface area contributed by atoms with Crippen molar-refractivity contribution in [3.8, 4) is 16.9 Å². The number of fused-ring (bicyclic) bond motifs is 1. The minimum atomic E-state index is -0.917. The number of benzene rings is 3. The molecule has 3 heteroatoms. The van der Waals surface area contributed by atoms with Crippen LogP contribution in [-0.4, -0.2) is 16.7 Å². The van der Waals surface area contributed by atoms with Gasteiger partial charge in [0.05, 0.1) is 5.56 Å². The third kappa shape index (κ3) is 4.04. The number of rotatable bonds is 5. The Morgan fingerprint density at radius 2 is 1.76 bits per heavy atom. The predicted molar refractivity (Wildman–Crippen MR) is 116 cm³/mol. The Labute approximate surface area is 172 Å². The standard InChI is InChI=1S/C26H26O3/c1-3-18-8-10-19(11-9-18)17-26(2)15-14-20-12-13-21(16-24(20)29-26)22-6-4-5-7-23(22)25(27)28/h4-13,16H,3,14-15,17H2,1-2H3,(H,27,28)/t26-/m0/s1. The zero-order valence-corrected chi connectivity index (χ0v) is 16.9. The van der Waals surface area contributed by atoms with Crippen LogP contribution in [0.5, 0.6) is 5.75 Å². The first-order valence-electron chi connectivity index (χ1n) is 10.2. The fourth-order valence-corrected chi connectivity index (χ4v) is 4.11. The fraction of sp³-hybridized carbons (Fsp3) is 0.269. The Kier molecular flexibility index (Phi) is 5.14. The number of carboxylic acids is 1. The summed E-state index contributed by atoms with van der Waals surface area (Å²) in [5.74, 6) is -0.0544. The molecule has 0 aromatic heterocycles. The van der Waals surface area contributed by atoms with Gasteiger partial charge in [0.1, 0.15) is 11.4 Å². The van der Waals surface area contributed by atoms with Crippen LogP contribution in [0, 0.1) is 0 Å². The molecular formula is C26H26O3. The minimum Gasteiger partial charge on any atom is -0.487 e. The van der Waals surface area contributed by atoms with Crippen LogP contribution in [-0.2, 0) is 19.3 Å². The second kappa shape index (κ2) is 7.75. The first-order valence-corrected chi connectivity index (χ1v) is 10.2. The summed E-state index contributed by atoms with van der Waals surface area (Å²) in [5.41, 5.74) is 5.43. The second-order valence-electron chi connectivity index (χ2n) is 8.07. The van der Waals surface area contributed by atoms with Crippen LogP contribution in [0.1, 0.15) is 47.3 Å². The van der Waals surface area contributed by atoms with E-state index in [1.807, 2.05) is 24.3 Å². The first kappa shape index (κ1) is 19.3. The van der Waals surface area contributed by atoms with Gasteiger partial charge in [-0.25, -0.2) is 4.79 Å². The summed E-state index contributed by atoms with van der Waals surface area (Å²) < 4.78 is 6.50. The summed E-state index contributed by atoms with van der Waals surface area (Å²) in [4.78, 5) is 11.6. The molecule has 0 spiro atoms. The Morgan fingerprint density at radius 1 is 1.03 bits per heavy atom. The summed E-state index contributed by atoms with van der Waals surface area (Å²) >= 11 is 0. The molecule has 0 bridgehead atoms. The first-order chi connectivity index (χ1) is 14.0. The lowest BCUT2D eigenvalue weighted by Gasteiger charge is -2.36. The number of aromatic carboxylic acids is 1. The molecule has 0 unspecified atom stereocenters. The van der Waals surface area contributed by atoms with Crippen molar-refractivity contribution >= 4 is 5.97 Å². The maximum Gasteiger partial charge on any atom is 0.336 e. The van der Waals surface area contributed by atoms with E-state index in [9.17, 15) is 9.90 Å². The second-order valence-corrected chi connectivity index (χ2v) is 8.07. The molecule has 0 amide bonds. The molecule has 0 saturated carbocycles. The SMILES string of the molecule is CCc1ccc(C[C@]2(C)CCc3ccc(-c4ccccc4C(=O)O)cc3O2)cc1. The van der Waals surface area contributed by atoms with Crippen molar-refractivity contribution in [1.29, 1.82) is 0 Å². The molecule has 1 aliphatic heterocycles. The monoisotopic (exact) mass is 386 g/mol. The van der Waals surface area contributed by atoms with E-state index in [-0.39, 0.29) is 5.60 Å². The Morgan fingerprint density at radius 3 is 2.48 bits per heavy atom.